The number of carboxylic acid groups (broad SMARTS) is 1. The van der Waals surface area contributed by atoms with Crippen LogP contribution in [0.4, 0.5) is 0 Å². The van der Waals surface area contributed by atoms with E-state index in [1.807, 2.05) is 0 Å². The lowest BCUT2D eigenvalue weighted by Crippen LogP contribution is -2.59. The monoisotopic (exact) mass is 564 g/mol. The van der Waals surface area contributed by atoms with Gasteiger partial charge >= 0.3 is 23.9 Å². The van der Waals surface area contributed by atoms with Crippen LogP contribution in [0.25, 0.3) is 0 Å². The Labute approximate surface area is 237 Å². The van der Waals surface area contributed by atoms with Crippen molar-refractivity contribution in [2.24, 2.45) is 46.3 Å². The van der Waals surface area contributed by atoms with E-state index in [4.69, 9.17) is 9.47 Å². The molecule has 0 saturated heterocycles. The standard InChI is InChI=1S/C31H48O9/c1-18(5-10-26(33)34)22-8-9-23-21-7-6-19-15-20(32)13-14-30(19,2)24(21)16-25(31(22,23)3)40-28(36)12-11-27(35)39-17-29(37)38-4/h18-25,32H,5-17H2,1-4H3,(H,33,34). The van der Waals surface area contributed by atoms with Gasteiger partial charge < -0.3 is 24.4 Å². The zero-order valence-corrected chi connectivity index (χ0v) is 24.6. The number of carbonyl (C=O) groups excluding carboxylic acids is 3. The molecule has 4 rings (SSSR count). The summed E-state index contributed by atoms with van der Waals surface area (Å²) in [5.41, 5.74) is -0.170. The Morgan fingerprint density at radius 3 is 2.33 bits per heavy atom. The molecule has 0 heterocycles. The van der Waals surface area contributed by atoms with Gasteiger partial charge in [-0.15, -0.1) is 0 Å². The predicted octanol–water partition coefficient (Wildman–Crippen LogP) is 4.53. The molecular formula is C31H48O9. The summed E-state index contributed by atoms with van der Waals surface area (Å²) in [4.78, 5) is 47.8. The zero-order valence-electron chi connectivity index (χ0n) is 24.6. The molecule has 4 fully saturated rings. The molecule has 0 amide bonds. The molecule has 0 aromatic rings. The van der Waals surface area contributed by atoms with E-state index in [0.29, 0.717) is 30.1 Å². The topological polar surface area (TPSA) is 136 Å². The van der Waals surface area contributed by atoms with E-state index < -0.39 is 30.5 Å². The Morgan fingerprint density at radius 2 is 1.62 bits per heavy atom. The normalized spacial score (nSPS) is 39.2. The predicted molar refractivity (Wildman–Crippen MR) is 145 cm³/mol. The average molecular weight is 565 g/mol. The number of esters is 3. The zero-order chi connectivity index (χ0) is 29.2. The van der Waals surface area contributed by atoms with Crippen LogP contribution in [0.5, 0.6) is 0 Å². The van der Waals surface area contributed by atoms with Crippen LogP contribution >= 0.6 is 0 Å². The largest absolute Gasteiger partial charge is 0.481 e. The lowest BCUT2D eigenvalue weighted by molar-refractivity contribution is -0.198. The lowest BCUT2D eigenvalue weighted by atomic mass is 9.43. The van der Waals surface area contributed by atoms with Crippen molar-refractivity contribution in [1.29, 1.82) is 0 Å². The second-order valence-electron chi connectivity index (χ2n) is 13.5. The van der Waals surface area contributed by atoms with Crippen LogP contribution in [-0.2, 0) is 33.4 Å². The molecule has 9 nitrogen and oxygen atoms in total. The van der Waals surface area contributed by atoms with E-state index >= 15 is 0 Å². The molecule has 2 N–H and O–H groups in total. The number of fused-ring (bicyclic) bond motifs is 5. The van der Waals surface area contributed by atoms with E-state index in [1.165, 1.54) is 7.11 Å². The van der Waals surface area contributed by atoms with Crippen molar-refractivity contribution in [3.63, 3.8) is 0 Å². The Kier molecular flexibility index (Phi) is 9.53. The Hall–Kier alpha value is -2.16. The molecule has 226 valence electrons. The third kappa shape index (κ3) is 6.04. The third-order valence-corrected chi connectivity index (χ3v) is 11.7. The molecule has 0 aromatic carbocycles. The first-order valence-electron chi connectivity index (χ1n) is 15.2. The van der Waals surface area contributed by atoms with Crippen LogP contribution in [0.1, 0.15) is 97.8 Å². The molecule has 0 bridgehead atoms. The fourth-order valence-electron chi connectivity index (χ4n) is 9.55. The van der Waals surface area contributed by atoms with Gasteiger partial charge in [0.05, 0.1) is 26.1 Å². The van der Waals surface area contributed by atoms with E-state index in [-0.39, 0.29) is 54.1 Å². The highest BCUT2D eigenvalue weighted by atomic mass is 16.6. The fraction of sp³-hybridized carbons (Fsp3) is 0.871. The highest BCUT2D eigenvalue weighted by molar-refractivity contribution is 5.80. The Bertz CT molecular complexity index is 964. The van der Waals surface area contributed by atoms with Gasteiger partial charge in [-0.05, 0) is 98.7 Å². The maximum atomic E-state index is 13.2. The van der Waals surface area contributed by atoms with Crippen LogP contribution < -0.4 is 0 Å². The van der Waals surface area contributed by atoms with E-state index in [0.717, 1.165) is 51.4 Å². The quantitative estimate of drug-likeness (QED) is 0.290. The Morgan fingerprint density at radius 1 is 0.900 bits per heavy atom. The molecule has 4 aliphatic rings. The second-order valence-corrected chi connectivity index (χ2v) is 13.5. The van der Waals surface area contributed by atoms with Gasteiger partial charge in [0.1, 0.15) is 6.10 Å². The number of aliphatic hydroxyl groups is 1. The molecule has 4 aliphatic carbocycles. The maximum Gasteiger partial charge on any atom is 0.344 e. The minimum atomic E-state index is -0.789. The summed E-state index contributed by atoms with van der Waals surface area (Å²) in [6, 6.07) is 0. The van der Waals surface area contributed by atoms with Crippen molar-refractivity contribution in [2.75, 3.05) is 13.7 Å². The second kappa shape index (κ2) is 12.4. The fourth-order valence-corrected chi connectivity index (χ4v) is 9.55. The van der Waals surface area contributed by atoms with Crippen molar-refractivity contribution >= 4 is 23.9 Å². The number of hydrogen-bond donors (Lipinski definition) is 2. The van der Waals surface area contributed by atoms with Crippen LogP contribution in [0, 0.1) is 46.3 Å². The number of aliphatic hydroxyl groups excluding tert-OH is 1. The lowest BCUT2D eigenvalue weighted by Gasteiger charge is -2.62. The summed E-state index contributed by atoms with van der Waals surface area (Å²) in [6.45, 7) is 6.32. The van der Waals surface area contributed by atoms with Crippen molar-refractivity contribution in [2.45, 2.75) is 110 Å². The summed E-state index contributed by atoms with van der Waals surface area (Å²) in [6.07, 6.45) is 7.57. The van der Waals surface area contributed by atoms with E-state index in [9.17, 15) is 29.4 Å². The number of carboxylic acids is 1. The molecule has 4 saturated carbocycles. The van der Waals surface area contributed by atoms with E-state index in [2.05, 4.69) is 25.5 Å². The van der Waals surface area contributed by atoms with Crippen LogP contribution in [0.2, 0.25) is 0 Å². The van der Waals surface area contributed by atoms with Crippen LogP contribution in [-0.4, -0.2) is 60.0 Å². The van der Waals surface area contributed by atoms with Crippen molar-refractivity contribution in [3.05, 3.63) is 0 Å². The number of hydrogen-bond acceptors (Lipinski definition) is 8. The summed E-state index contributed by atoms with van der Waals surface area (Å²) in [7, 11) is 1.21. The third-order valence-electron chi connectivity index (χ3n) is 11.7. The number of carbonyl (C=O) groups is 4. The summed E-state index contributed by atoms with van der Waals surface area (Å²) in [5.74, 6) is -0.334. The number of ether oxygens (including phenoxy) is 3. The van der Waals surface area contributed by atoms with Crippen LogP contribution in [0.3, 0.4) is 0 Å². The molecule has 40 heavy (non-hydrogen) atoms. The molecule has 0 aromatic heterocycles. The smallest absolute Gasteiger partial charge is 0.344 e. The van der Waals surface area contributed by atoms with Gasteiger partial charge in [0.25, 0.3) is 0 Å². The molecule has 10 unspecified atom stereocenters. The highest BCUT2D eigenvalue weighted by Crippen LogP contribution is 2.69. The van der Waals surface area contributed by atoms with E-state index in [1.54, 1.807) is 0 Å². The first-order valence-corrected chi connectivity index (χ1v) is 15.2. The number of aliphatic carboxylic acids is 1. The molecule has 10 atom stereocenters. The van der Waals surface area contributed by atoms with Gasteiger partial charge in [-0.1, -0.05) is 20.8 Å². The average Bonchev–Trinajstić information content (AvgIpc) is 3.28. The van der Waals surface area contributed by atoms with Crippen molar-refractivity contribution < 1.29 is 43.6 Å². The Balaban J connectivity index is 1.53. The molecular weight excluding hydrogens is 516 g/mol. The molecule has 0 aliphatic heterocycles. The van der Waals surface area contributed by atoms with Gasteiger partial charge in [0.2, 0.25) is 0 Å². The number of methoxy groups -OCH3 is 1. The molecule has 9 heteroatoms. The number of rotatable bonds is 10. The summed E-state index contributed by atoms with van der Waals surface area (Å²) in [5, 5.41) is 19.7. The summed E-state index contributed by atoms with van der Waals surface area (Å²) < 4.78 is 15.7. The highest BCUT2D eigenvalue weighted by Gasteiger charge is 2.65. The minimum Gasteiger partial charge on any atom is -0.481 e. The van der Waals surface area contributed by atoms with Gasteiger partial charge in [-0.25, -0.2) is 4.79 Å². The van der Waals surface area contributed by atoms with Gasteiger partial charge in [-0.3, -0.25) is 14.4 Å². The molecule has 0 spiro atoms. The first-order chi connectivity index (χ1) is 18.9. The SMILES string of the molecule is COC(=O)COC(=O)CCC(=O)OC1CC2C(CCC3CC(O)CCC32C)C2CCC(C(C)CCC(=O)O)C12C. The van der Waals surface area contributed by atoms with Gasteiger partial charge in [0.15, 0.2) is 6.61 Å². The van der Waals surface area contributed by atoms with Crippen molar-refractivity contribution in [3.8, 4) is 0 Å². The minimum absolute atomic E-state index is 0.0961. The van der Waals surface area contributed by atoms with Gasteiger partial charge in [0, 0.05) is 11.8 Å². The van der Waals surface area contributed by atoms with Crippen molar-refractivity contribution in [1.82, 2.24) is 0 Å². The van der Waals surface area contributed by atoms with Gasteiger partial charge in [-0.2, -0.15) is 0 Å². The molecule has 0 radical (unpaired) electrons. The van der Waals surface area contributed by atoms with Crippen LogP contribution in [0.15, 0.2) is 0 Å². The maximum absolute atomic E-state index is 13.2. The first kappa shape index (κ1) is 30.8. The summed E-state index contributed by atoms with van der Waals surface area (Å²) >= 11 is 0.